The molecule has 2 rings (SSSR count). The van der Waals surface area contributed by atoms with Gasteiger partial charge >= 0.3 is 5.97 Å². The van der Waals surface area contributed by atoms with E-state index in [1.54, 1.807) is 29.7 Å². The predicted molar refractivity (Wildman–Crippen MR) is 67.6 cm³/mol. The van der Waals surface area contributed by atoms with Crippen molar-refractivity contribution in [2.45, 2.75) is 13.0 Å². The fourth-order valence-corrected chi connectivity index (χ4v) is 2.09. The first-order chi connectivity index (χ1) is 8.79. The lowest BCUT2D eigenvalue weighted by Gasteiger charge is -2.00. The minimum absolute atomic E-state index is 0.231. The van der Waals surface area contributed by atoms with Gasteiger partial charge in [-0.15, -0.1) is 11.3 Å². The molecule has 0 spiro atoms. The summed E-state index contributed by atoms with van der Waals surface area (Å²) in [5, 5.41) is 6.30. The summed E-state index contributed by atoms with van der Waals surface area (Å²) in [7, 11) is 1.33. The van der Waals surface area contributed by atoms with E-state index in [1.165, 1.54) is 7.11 Å². The Labute approximate surface area is 109 Å². The smallest absolute Gasteiger partial charge is 0.373 e. The second-order valence-electron chi connectivity index (χ2n) is 3.61. The normalized spacial score (nSPS) is 10.5. The first-order valence-electron chi connectivity index (χ1n) is 5.55. The summed E-state index contributed by atoms with van der Waals surface area (Å²) in [6.07, 6.45) is 2.69. The maximum Gasteiger partial charge on any atom is 0.373 e. The first kappa shape index (κ1) is 12.8. The molecule has 0 aromatic carbocycles. The molecule has 0 amide bonds. The molecule has 18 heavy (non-hydrogen) atoms. The van der Waals surface area contributed by atoms with Crippen LogP contribution in [0.5, 0.6) is 0 Å². The Bertz CT molecular complexity index is 493. The molecule has 0 saturated heterocycles. The van der Waals surface area contributed by atoms with Crippen molar-refractivity contribution in [3.8, 4) is 0 Å². The molecule has 0 atom stereocenters. The molecule has 96 valence electrons. The molecule has 5 nitrogen and oxygen atoms in total. The standard InChI is InChI=1S/C12H14N2O3S/c1-16-12(15)10-3-2-9(17-10)8-13-5-4-11-14-6-7-18-11/h2-3,6-7,13H,4-5,8H2,1H3. The van der Waals surface area contributed by atoms with Crippen LogP contribution in [-0.4, -0.2) is 24.6 Å². The SMILES string of the molecule is COC(=O)c1ccc(CNCCc2nccs2)o1. The number of esters is 1. The van der Waals surface area contributed by atoms with E-state index in [0.29, 0.717) is 6.54 Å². The van der Waals surface area contributed by atoms with Gasteiger partial charge in [-0.1, -0.05) is 0 Å². The van der Waals surface area contributed by atoms with Gasteiger partial charge in [0.25, 0.3) is 0 Å². The fourth-order valence-electron chi connectivity index (χ4n) is 1.47. The zero-order chi connectivity index (χ0) is 12.8. The Hall–Kier alpha value is -1.66. The largest absolute Gasteiger partial charge is 0.463 e. The van der Waals surface area contributed by atoms with Crippen LogP contribution in [0.3, 0.4) is 0 Å². The van der Waals surface area contributed by atoms with Crippen LogP contribution in [-0.2, 0) is 17.7 Å². The van der Waals surface area contributed by atoms with Crippen molar-refractivity contribution in [1.82, 2.24) is 10.3 Å². The highest BCUT2D eigenvalue weighted by atomic mass is 32.1. The third-order valence-electron chi connectivity index (χ3n) is 2.35. The number of ether oxygens (including phenoxy) is 1. The first-order valence-corrected chi connectivity index (χ1v) is 6.43. The van der Waals surface area contributed by atoms with Crippen molar-refractivity contribution < 1.29 is 13.9 Å². The summed E-state index contributed by atoms with van der Waals surface area (Å²) in [5.74, 6) is 0.493. The average molecular weight is 266 g/mol. The van der Waals surface area contributed by atoms with Crippen molar-refractivity contribution in [3.63, 3.8) is 0 Å². The lowest BCUT2D eigenvalue weighted by atomic mass is 10.4. The second-order valence-corrected chi connectivity index (χ2v) is 4.59. The highest BCUT2D eigenvalue weighted by molar-refractivity contribution is 7.09. The highest BCUT2D eigenvalue weighted by Gasteiger charge is 2.10. The maximum atomic E-state index is 11.2. The summed E-state index contributed by atoms with van der Waals surface area (Å²) in [5.41, 5.74) is 0. The third-order valence-corrected chi connectivity index (χ3v) is 3.19. The van der Waals surface area contributed by atoms with Gasteiger partial charge in [0.15, 0.2) is 0 Å². The van der Waals surface area contributed by atoms with Crippen molar-refractivity contribution in [2.75, 3.05) is 13.7 Å². The topological polar surface area (TPSA) is 64.4 Å². The second kappa shape index (κ2) is 6.32. The van der Waals surface area contributed by atoms with Crippen LogP contribution in [0.15, 0.2) is 28.1 Å². The molecule has 0 aliphatic rings. The maximum absolute atomic E-state index is 11.2. The molecular formula is C12H14N2O3S. The van der Waals surface area contributed by atoms with Gasteiger partial charge in [0.2, 0.25) is 5.76 Å². The van der Waals surface area contributed by atoms with Gasteiger partial charge in [0.1, 0.15) is 5.76 Å². The van der Waals surface area contributed by atoms with Gasteiger partial charge in [-0.05, 0) is 12.1 Å². The number of carbonyl (C=O) groups excluding carboxylic acids is 1. The van der Waals surface area contributed by atoms with Crippen molar-refractivity contribution >= 4 is 17.3 Å². The molecule has 1 N–H and O–H groups in total. The Kier molecular flexibility index (Phi) is 4.49. The number of thiazole rings is 1. The molecule has 0 unspecified atom stereocenters. The van der Waals surface area contributed by atoms with Gasteiger partial charge in [-0.2, -0.15) is 0 Å². The molecule has 2 aromatic rings. The van der Waals surface area contributed by atoms with Gasteiger partial charge in [0, 0.05) is 24.5 Å². The van der Waals surface area contributed by atoms with Crippen molar-refractivity contribution in [1.29, 1.82) is 0 Å². The van der Waals surface area contributed by atoms with E-state index >= 15 is 0 Å². The quantitative estimate of drug-likeness (QED) is 0.638. The van der Waals surface area contributed by atoms with E-state index in [1.807, 2.05) is 5.38 Å². The van der Waals surface area contributed by atoms with E-state index in [0.717, 1.165) is 23.7 Å². The zero-order valence-electron chi connectivity index (χ0n) is 10.0. The lowest BCUT2D eigenvalue weighted by molar-refractivity contribution is 0.0563. The Balaban J connectivity index is 1.73. The van der Waals surface area contributed by atoms with Crippen molar-refractivity contribution in [2.24, 2.45) is 0 Å². The Morgan fingerprint density at radius 2 is 2.44 bits per heavy atom. The number of nitrogens with zero attached hydrogens (tertiary/aromatic N) is 1. The third kappa shape index (κ3) is 3.41. The molecule has 0 radical (unpaired) electrons. The van der Waals surface area contributed by atoms with Crippen LogP contribution in [0.1, 0.15) is 21.3 Å². The van der Waals surface area contributed by atoms with Gasteiger partial charge in [-0.25, -0.2) is 9.78 Å². The van der Waals surface area contributed by atoms with Gasteiger partial charge in [0.05, 0.1) is 18.7 Å². The number of nitrogens with one attached hydrogen (secondary N) is 1. The summed E-state index contributed by atoms with van der Waals surface area (Å²) < 4.78 is 9.89. The average Bonchev–Trinajstić information content (AvgIpc) is 3.05. The van der Waals surface area contributed by atoms with E-state index in [4.69, 9.17) is 4.42 Å². The van der Waals surface area contributed by atoms with Gasteiger partial charge in [-0.3, -0.25) is 0 Å². The van der Waals surface area contributed by atoms with Crippen LogP contribution in [0.2, 0.25) is 0 Å². The zero-order valence-corrected chi connectivity index (χ0v) is 10.8. The molecule has 0 aliphatic carbocycles. The molecule has 6 heteroatoms. The number of methoxy groups -OCH3 is 1. The van der Waals surface area contributed by atoms with Crippen LogP contribution < -0.4 is 5.32 Å². The highest BCUT2D eigenvalue weighted by Crippen LogP contribution is 2.09. The van der Waals surface area contributed by atoms with Gasteiger partial charge < -0.3 is 14.5 Å². The van der Waals surface area contributed by atoms with E-state index in [2.05, 4.69) is 15.0 Å². The molecular weight excluding hydrogens is 252 g/mol. The lowest BCUT2D eigenvalue weighted by Crippen LogP contribution is -2.16. The van der Waals surface area contributed by atoms with E-state index in [-0.39, 0.29) is 5.76 Å². The Morgan fingerprint density at radius 1 is 1.56 bits per heavy atom. The van der Waals surface area contributed by atoms with Crippen LogP contribution >= 0.6 is 11.3 Å². The molecule has 0 bridgehead atoms. The van der Waals surface area contributed by atoms with Crippen LogP contribution in [0.4, 0.5) is 0 Å². The van der Waals surface area contributed by atoms with Crippen LogP contribution in [0, 0.1) is 0 Å². The molecule has 2 heterocycles. The number of hydrogen-bond donors (Lipinski definition) is 1. The number of carbonyl (C=O) groups is 1. The number of furan rings is 1. The molecule has 0 aliphatic heterocycles. The molecule has 0 saturated carbocycles. The summed E-state index contributed by atoms with van der Waals surface area (Å²) >= 11 is 1.64. The Morgan fingerprint density at radius 3 is 3.17 bits per heavy atom. The minimum atomic E-state index is -0.455. The number of rotatable bonds is 6. The predicted octanol–water partition coefficient (Wildman–Crippen LogP) is 1.85. The summed E-state index contributed by atoms with van der Waals surface area (Å²) in [4.78, 5) is 15.4. The van der Waals surface area contributed by atoms with E-state index in [9.17, 15) is 4.79 Å². The molecule has 2 aromatic heterocycles. The van der Waals surface area contributed by atoms with Crippen LogP contribution in [0.25, 0.3) is 0 Å². The monoisotopic (exact) mass is 266 g/mol. The summed E-state index contributed by atoms with van der Waals surface area (Å²) in [6.45, 7) is 1.41. The number of aromatic nitrogens is 1. The molecule has 0 fully saturated rings. The summed E-state index contributed by atoms with van der Waals surface area (Å²) in [6, 6.07) is 3.38. The van der Waals surface area contributed by atoms with Crippen molar-refractivity contribution in [3.05, 3.63) is 40.2 Å². The fraction of sp³-hybridized carbons (Fsp3) is 0.333. The van der Waals surface area contributed by atoms with E-state index < -0.39 is 5.97 Å². The minimum Gasteiger partial charge on any atom is -0.463 e. The number of hydrogen-bond acceptors (Lipinski definition) is 6.